The third-order valence-electron chi connectivity index (χ3n) is 7.07. The van der Waals surface area contributed by atoms with E-state index in [9.17, 15) is 40.9 Å². The van der Waals surface area contributed by atoms with E-state index in [4.69, 9.17) is 4.74 Å². The summed E-state index contributed by atoms with van der Waals surface area (Å²) in [6, 6.07) is -2.72. The van der Waals surface area contributed by atoms with Crippen LogP contribution in [-0.2, 0) is 34.5 Å². The number of hydrogen-bond acceptors (Lipinski definition) is 10. The number of alkyl carbamates (subject to hydrolysis) is 1. The Balaban J connectivity index is 0.00000507. The van der Waals surface area contributed by atoms with Crippen LogP contribution in [0.15, 0.2) is 0 Å². The molecular weight excluding hydrogens is 555 g/mol. The fraction of sp³-hybridized carbons (Fsp3) is 0.857. The van der Waals surface area contributed by atoms with Crippen molar-refractivity contribution in [2.24, 2.45) is 17.3 Å². The number of hydrogen-bond donors (Lipinski definition) is 4. The Bertz CT molecular complexity index is 1100. The van der Waals surface area contributed by atoms with Gasteiger partial charge in [0, 0.05) is 31.0 Å². The summed E-state index contributed by atoms with van der Waals surface area (Å²) in [5.41, 5.74) is -2.68. The topological polar surface area (TPSA) is 211 Å². The van der Waals surface area contributed by atoms with Crippen LogP contribution >= 0.6 is 0 Å². The first-order valence-electron chi connectivity index (χ1n) is 12.1. The van der Waals surface area contributed by atoms with Gasteiger partial charge < -0.3 is 30.3 Å². The van der Waals surface area contributed by atoms with Crippen molar-refractivity contribution >= 4 is 38.0 Å². The van der Waals surface area contributed by atoms with E-state index >= 15 is 0 Å². The minimum Gasteiger partial charge on any atom is -0.746 e. The van der Waals surface area contributed by atoms with E-state index in [0.717, 1.165) is 6.26 Å². The van der Waals surface area contributed by atoms with Gasteiger partial charge in [-0.15, -0.1) is 0 Å². The maximum Gasteiger partial charge on any atom is 1.00 e. The number of sulfonamides is 1. The van der Waals surface area contributed by atoms with Gasteiger partial charge in [0.05, 0.1) is 12.3 Å². The van der Waals surface area contributed by atoms with Crippen molar-refractivity contribution in [1.29, 1.82) is 0 Å². The molecule has 2 heterocycles. The molecule has 17 heteroatoms. The van der Waals surface area contributed by atoms with Crippen LogP contribution in [0.25, 0.3) is 0 Å². The Morgan fingerprint density at radius 1 is 1.21 bits per heavy atom. The average Bonchev–Trinajstić information content (AvgIpc) is 3.09. The van der Waals surface area contributed by atoms with E-state index in [1.165, 1.54) is 4.31 Å². The second-order valence-electron chi connectivity index (χ2n) is 10.8. The van der Waals surface area contributed by atoms with E-state index in [1.807, 2.05) is 0 Å². The van der Waals surface area contributed by atoms with Crippen LogP contribution in [0.1, 0.15) is 46.0 Å². The third-order valence-corrected chi connectivity index (χ3v) is 9.19. The monoisotopic (exact) mass is 590 g/mol. The Morgan fingerprint density at radius 2 is 1.82 bits per heavy atom. The number of amides is 3. The van der Waals surface area contributed by atoms with Gasteiger partial charge in [-0.3, -0.25) is 9.59 Å². The number of aliphatic hydroxyl groups is 1. The van der Waals surface area contributed by atoms with Crippen LogP contribution in [0.3, 0.4) is 0 Å². The molecule has 38 heavy (non-hydrogen) atoms. The number of nitrogens with zero attached hydrogens (tertiary/aromatic N) is 1. The molecular formula is C21H35N4NaO10S2. The zero-order chi connectivity index (χ0) is 27.8. The molecule has 1 saturated carbocycles. The molecule has 0 aromatic rings. The predicted octanol–water partition coefficient (Wildman–Crippen LogP) is -4.57. The summed E-state index contributed by atoms with van der Waals surface area (Å²) in [6.45, 7) is 4.69. The normalized spacial score (nSPS) is 23.8. The molecule has 212 valence electrons. The largest absolute Gasteiger partial charge is 1.00 e. The molecule has 0 bridgehead atoms. The molecule has 4 atom stereocenters. The van der Waals surface area contributed by atoms with Crippen LogP contribution in [0.2, 0.25) is 0 Å². The number of nitrogens with one attached hydrogen (secondary N) is 3. The number of carbonyl (C=O) groups is 3. The van der Waals surface area contributed by atoms with Gasteiger partial charge in [0.1, 0.15) is 22.3 Å². The van der Waals surface area contributed by atoms with Gasteiger partial charge in [-0.05, 0) is 38.0 Å². The molecule has 3 rings (SSSR count). The smallest absolute Gasteiger partial charge is 0.746 e. The van der Waals surface area contributed by atoms with Gasteiger partial charge in [-0.1, -0.05) is 13.8 Å². The molecule has 1 unspecified atom stereocenters. The molecule has 3 amide bonds. The summed E-state index contributed by atoms with van der Waals surface area (Å²) < 4.78 is 64.3. The number of ether oxygens (including phenoxy) is 1. The van der Waals surface area contributed by atoms with E-state index in [-0.39, 0.29) is 59.6 Å². The molecule has 2 saturated heterocycles. The second-order valence-corrected chi connectivity index (χ2v) is 14.3. The fourth-order valence-electron chi connectivity index (χ4n) is 5.12. The molecule has 0 aromatic heterocycles. The Morgan fingerprint density at radius 3 is 2.29 bits per heavy atom. The number of aliphatic hydroxyl groups excluding tert-OH is 1. The Labute approximate surface area is 245 Å². The minimum atomic E-state index is -5.21. The van der Waals surface area contributed by atoms with Gasteiger partial charge in [0.15, 0.2) is 5.44 Å². The number of carbonyl (C=O) groups excluding carboxylic acids is 3. The first-order valence-corrected chi connectivity index (χ1v) is 15.4. The summed E-state index contributed by atoms with van der Waals surface area (Å²) >= 11 is 0. The molecule has 1 aliphatic carbocycles. The zero-order valence-corrected chi connectivity index (χ0v) is 25.6. The van der Waals surface area contributed by atoms with Crippen molar-refractivity contribution in [1.82, 2.24) is 20.3 Å². The average molecular weight is 591 g/mol. The standard InChI is InChI=1S/C21H36N4O10S2.Na/c1-12(2)6-15(24-20(29)35-14-8-21(9-14)10-25(11-21)36(3,30)31)18(27)23-16(19(28)37(32,33)34)7-13-4-5-22-17(13)26;/h12-16,19,28H,4-11H2,1-3H3,(H,22,26)(H,23,27)(H,24,29)(H,32,33,34);/q;+1/p-1/t13-,15+,16+,19?;/m1./s1. The predicted molar refractivity (Wildman–Crippen MR) is 128 cm³/mol. The molecule has 3 fully saturated rings. The van der Waals surface area contributed by atoms with Crippen molar-refractivity contribution < 1.29 is 75.2 Å². The van der Waals surface area contributed by atoms with Crippen molar-refractivity contribution in [3.05, 3.63) is 0 Å². The maximum absolute atomic E-state index is 13.0. The molecule has 1 spiro atoms. The summed E-state index contributed by atoms with van der Waals surface area (Å²) in [6.07, 6.45) is 1.04. The second kappa shape index (κ2) is 12.7. The number of rotatable bonds is 11. The molecule has 0 radical (unpaired) electrons. The van der Waals surface area contributed by atoms with Gasteiger partial charge in [0.25, 0.3) is 0 Å². The van der Waals surface area contributed by atoms with E-state index in [0.29, 0.717) is 38.9 Å². The van der Waals surface area contributed by atoms with Crippen LogP contribution in [0, 0.1) is 17.3 Å². The third kappa shape index (κ3) is 8.49. The van der Waals surface area contributed by atoms with Crippen LogP contribution in [0.4, 0.5) is 4.79 Å². The van der Waals surface area contributed by atoms with Crippen molar-refractivity contribution in [3.8, 4) is 0 Å². The van der Waals surface area contributed by atoms with Gasteiger partial charge in [-0.25, -0.2) is 25.9 Å². The maximum atomic E-state index is 13.0. The molecule has 2 aliphatic heterocycles. The Kier molecular flexibility index (Phi) is 11.1. The zero-order valence-electron chi connectivity index (χ0n) is 22.0. The first kappa shape index (κ1) is 33.2. The van der Waals surface area contributed by atoms with Crippen LogP contribution < -0.4 is 45.5 Å². The Hall–Kier alpha value is -1.01. The van der Waals surface area contributed by atoms with E-state index in [1.54, 1.807) is 13.8 Å². The van der Waals surface area contributed by atoms with Crippen LogP contribution in [-0.4, -0.2) is 98.2 Å². The molecule has 3 aliphatic rings. The SMILES string of the molecule is CC(C)C[C@H](NC(=O)OC1CC2(C1)CN(S(C)(=O)=O)C2)C(=O)N[C@@H](C[C@H]1CCNC1=O)C(O)S(=O)(=O)[O-].[Na+]. The van der Waals surface area contributed by atoms with Crippen molar-refractivity contribution in [2.75, 3.05) is 25.9 Å². The fourth-order valence-corrected chi connectivity index (χ4v) is 6.72. The summed E-state index contributed by atoms with van der Waals surface area (Å²) in [5, 5.41) is 17.5. The van der Waals surface area contributed by atoms with Crippen molar-refractivity contribution in [2.45, 2.75) is 69.6 Å². The summed E-state index contributed by atoms with van der Waals surface area (Å²) in [4.78, 5) is 37.5. The van der Waals surface area contributed by atoms with E-state index in [2.05, 4.69) is 16.0 Å². The van der Waals surface area contributed by atoms with Gasteiger partial charge in [-0.2, -0.15) is 0 Å². The molecule has 0 aromatic carbocycles. The van der Waals surface area contributed by atoms with E-state index < -0.39 is 61.7 Å². The van der Waals surface area contributed by atoms with Crippen molar-refractivity contribution in [3.63, 3.8) is 0 Å². The summed E-state index contributed by atoms with van der Waals surface area (Å²) in [5.74, 6) is -1.98. The van der Waals surface area contributed by atoms with Gasteiger partial charge >= 0.3 is 35.7 Å². The molecule has 14 nitrogen and oxygen atoms in total. The van der Waals surface area contributed by atoms with Gasteiger partial charge in [0.2, 0.25) is 21.8 Å². The summed E-state index contributed by atoms with van der Waals surface area (Å²) in [7, 11) is -8.46. The molecule has 4 N–H and O–H groups in total. The minimum absolute atomic E-state index is 0. The van der Waals surface area contributed by atoms with Crippen LogP contribution in [0.5, 0.6) is 0 Å². The first-order chi connectivity index (χ1) is 17.0. The quantitative estimate of drug-likeness (QED) is 0.134.